The molecule has 0 saturated heterocycles. The molecular weight excluding hydrogens is 216 g/mol. The van der Waals surface area contributed by atoms with Crippen molar-refractivity contribution in [3.05, 3.63) is 54.4 Å². The van der Waals surface area contributed by atoms with Gasteiger partial charge in [-0.05, 0) is 5.19 Å². The zero-order chi connectivity index (χ0) is 12.0. The van der Waals surface area contributed by atoms with E-state index in [4.69, 9.17) is 9.47 Å². The molecule has 0 radical (unpaired) electrons. The molecule has 0 atom stereocenters. The molecule has 0 heterocycles. The minimum absolute atomic E-state index is 0.314. The van der Waals surface area contributed by atoms with E-state index < -0.39 is 8.80 Å². The highest BCUT2D eigenvalue weighted by atomic mass is 28.3. The first-order valence-electron chi connectivity index (χ1n) is 5.18. The Morgan fingerprint density at radius 3 is 2.19 bits per heavy atom. The molecule has 0 aliphatic carbocycles. The largest absolute Gasteiger partial charge is 0.352 e. The van der Waals surface area contributed by atoms with Crippen LogP contribution in [0.3, 0.4) is 0 Å². The van der Waals surface area contributed by atoms with Crippen molar-refractivity contribution < 1.29 is 9.47 Å². The molecule has 1 aromatic carbocycles. The van der Waals surface area contributed by atoms with E-state index in [1.807, 2.05) is 29.6 Å². The van der Waals surface area contributed by atoms with Crippen LogP contribution in [0.2, 0.25) is 0 Å². The van der Waals surface area contributed by atoms with E-state index in [0.29, 0.717) is 0 Å². The lowest BCUT2D eigenvalue weighted by atomic mass is 10.2. The first-order valence-corrected chi connectivity index (χ1v) is 7.09. The second-order valence-corrected chi connectivity index (χ2v) is 6.05. The molecule has 0 saturated carbocycles. The van der Waals surface area contributed by atoms with Gasteiger partial charge in [0.2, 0.25) is 0 Å². The quantitative estimate of drug-likeness (QED) is 0.552. The fourth-order valence-corrected chi connectivity index (χ4v) is 3.38. The highest BCUT2D eigenvalue weighted by Crippen LogP contribution is 2.15. The van der Waals surface area contributed by atoms with Crippen molar-refractivity contribution in [2.24, 2.45) is 0 Å². The molecule has 0 aliphatic rings. The standard InChI is InChI=1S/C13H18O2Si/c1-5-16(6-2)12-10-8-7-9-11(12)13(14-3)15-4/h5-10,13,16H,1-2H2,3-4H3. The summed E-state index contributed by atoms with van der Waals surface area (Å²) in [7, 11) is 1.98. The van der Waals surface area contributed by atoms with Crippen molar-refractivity contribution in [3.8, 4) is 0 Å². The molecule has 0 amide bonds. The van der Waals surface area contributed by atoms with E-state index in [0.717, 1.165) is 5.56 Å². The van der Waals surface area contributed by atoms with E-state index >= 15 is 0 Å². The van der Waals surface area contributed by atoms with Crippen molar-refractivity contribution >= 4 is 14.0 Å². The lowest BCUT2D eigenvalue weighted by molar-refractivity contribution is -0.105. The van der Waals surface area contributed by atoms with Crippen LogP contribution in [0.1, 0.15) is 11.9 Å². The van der Waals surface area contributed by atoms with Gasteiger partial charge in [-0.3, -0.25) is 0 Å². The van der Waals surface area contributed by atoms with Crippen molar-refractivity contribution in [3.63, 3.8) is 0 Å². The van der Waals surface area contributed by atoms with Crippen molar-refractivity contribution in [2.45, 2.75) is 6.29 Å². The van der Waals surface area contributed by atoms with Gasteiger partial charge < -0.3 is 9.47 Å². The van der Waals surface area contributed by atoms with Crippen molar-refractivity contribution in [2.75, 3.05) is 14.2 Å². The van der Waals surface area contributed by atoms with Gasteiger partial charge in [0.15, 0.2) is 6.29 Å². The van der Waals surface area contributed by atoms with Gasteiger partial charge in [0.25, 0.3) is 0 Å². The lowest BCUT2D eigenvalue weighted by Crippen LogP contribution is -2.31. The highest BCUT2D eigenvalue weighted by molar-refractivity contribution is 6.82. The summed E-state index contributed by atoms with van der Waals surface area (Å²) >= 11 is 0. The summed E-state index contributed by atoms with van der Waals surface area (Å²) in [6.07, 6.45) is -0.314. The molecule has 0 fully saturated rings. The Labute approximate surface area is 98.8 Å². The fourth-order valence-electron chi connectivity index (χ4n) is 1.73. The van der Waals surface area contributed by atoms with E-state index in [2.05, 4.69) is 19.2 Å². The van der Waals surface area contributed by atoms with Crippen molar-refractivity contribution in [1.82, 2.24) is 0 Å². The maximum absolute atomic E-state index is 5.30. The predicted molar refractivity (Wildman–Crippen MR) is 70.4 cm³/mol. The second kappa shape index (κ2) is 6.43. The summed E-state index contributed by atoms with van der Waals surface area (Å²) in [6, 6.07) is 8.14. The Morgan fingerprint density at radius 1 is 1.12 bits per heavy atom. The van der Waals surface area contributed by atoms with Gasteiger partial charge >= 0.3 is 0 Å². The van der Waals surface area contributed by atoms with Crippen LogP contribution < -0.4 is 5.19 Å². The Balaban J connectivity index is 3.17. The third kappa shape index (κ3) is 2.69. The van der Waals surface area contributed by atoms with Gasteiger partial charge in [-0.1, -0.05) is 35.7 Å². The topological polar surface area (TPSA) is 18.5 Å². The Morgan fingerprint density at radius 2 is 1.69 bits per heavy atom. The Bertz CT molecular complexity index is 351. The summed E-state index contributed by atoms with van der Waals surface area (Å²) < 4.78 is 10.6. The van der Waals surface area contributed by atoms with Gasteiger partial charge in [0.05, 0.1) is 0 Å². The number of benzene rings is 1. The van der Waals surface area contributed by atoms with Gasteiger partial charge in [-0.15, -0.1) is 13.2 Å². The number of methoxy groups -OCH3 is 2. The number of rotatable bonds is 6. The SMILES string of the molecule is C=C[SiH](C=C)c1ccccc1C(OC)OC. The second-order valence-electron chi connectivity index (χ2n) is 3.43. The van der Waals surface area contributed by atoms with Gasteiger partial charge in [0, 0.05) is 19.8 Å². The lowest BCUT2D eigenvalue weighted by Gasteiger charge is -2.19. The van der Waals surface area contributed by atoms with E-state index in [1.54, 1.807) is 14.2 Å². The van der Waals surface area contributed by atoms with Crippen LogP contribution in [0.5, 0.6) is 0 Å². The zero-order valence-corrected chi connectivity index (χ0v) is 11.0. The number of ether oxygens (including phenoxy) is 2. The molecule has 16 heavy (non-hydrogen) atoms. The first kappa shape index (κ1) is 12.9. The van der Waals surface area contributed by atoms with E-state index in [-0.39, 0.29) is 6.29 Å². The zero-order valence-electron chi connectivity index (χ0n) is 9.85. The maximum Gasteiger partial charge on any atom is 0.183 e. The minimum Gasteiger partial charge on any atom is -0.352 e. The molecule has 3 heteroatoms. The van der Waals surface area contributed by atoms with Crippen LogP contribution in [0.4, 0.5) is 0 Å². The number of hydrogen-bond acceptors (Lipinski definition) is 2. The molecule has 86 valence electrons. The first-order chi connectivity index (χ1) is 7.78. The molecule has 0 bridgehead atoms. The Hall–Kier alpha value is -1.16. The van der Waals surface area contributed by atoms with Crippen LogP contribution in [0, 0.1) is 0 Å². The van der Waals surface area contributed by atoms with Gasteiger partial charge in [-0.2, -0.15) is 0 Å². The van der Waals surface area contributed by atoms with E-state index in [9.17, 15) is 0 Å². The van der Waals surface area contributed by atoms with Crippen LogP contribution in [-0.4, -0.2) is 23.0 Å². The summed E-state index contributed by atoms with van der Waals surface area (Å²) in [4.78, 5) is 0. The normalized spacial score (nSPS) is 10.8. The predicted octanol–water partition coefficient (Wildman–Crippen LogP) is 1.86. The minimum atomic E-state index is -1.31. The van der Waals surface area contributed by atoms with Crippen LogP contribution >= 0.6 is 0 Å². The van der Waals surface area contributed by atoms with Gasteiger partial charge in [-0.25, -0.2) is 0 Å². The van der Waals surface area contributed by atoms with Crippen LogP contribution in [0.15, 0.2) is 48.8 Å². The highest BCUT2D eigenvalue weighted by Gasteiger charge is 2.17. The molecule has 2 nitrogen and oxygen atoms in total. The fraction of sp³-hybridized carbons (Fsp3) is 0.231. The molecular formula is C13H18O2Si. The number of hydrogen-bond donors (Lipinski definition) is 0. The van der Waals surface area contributed by atoms with Crippen LogP contribution in [0.25, 0.3) is 0 Å². The smallest absolute Gasteiger partial charge is 0.183 e. The molecule has 0 aromatic heterocycles. The maximum atomic E-state index is 5.30. The monoisotopic (exact) mass is 234 g/mol. The third-order valence-corrected chi connectivity index (χ3v) is 4.80. The summed E-state index contributed by atoms with van der Waals surface area (Å²) in [5.41, 5.74) is 5.06. The molecule has 0 N–H and O–H groups in total. The van der Waals surface area contributed by atoms with Crippen molar-refractivity contribution in [1.29, 1.82) is 0 Å². The molecule has 0 unspecified atom stereocenters. The molecule has 0 spiro atoms. The summed E-state index contributed by atoms with van der Waals surface area (Å²) in [5, 5.41) is 1.25. The third-order valence-electron chi connectivity index (χ3n) is 2.55. The Kier molecular flexibility index (Phi) is 5.18. The average molecular weight is 234 g/mol. The average Bonchev–Trinajstić information content (AvgIpc) is 2.34. The van der Waals surface area contributed by atoms with Gasteiger partial charge in [0.1, 0.15) is 8.80 Å². The molecule has 1 rings (SSSR count). The molecule has 0 aliphatic heterocycles. The van der Waals surface area contributed by atoms with Crippen LogP contribution in [-0.2, 0) is 9.47 Å². The summed E-state index contributed by atoms with van der Waals surface area (Å²) in [5.74, 6) is 0. The summed E-state index contributed by atoms with van der Waals surface area (Å²) in [6.45, 7) is 7.74. The van der Waals surface area contributed by atoms with E-state index in [1.165, 1.54) is 5.19 Å². The molecule has 1 aromatic rings.